The maximum Gasteiger partial charge on any atom is 0.271 e. The maximum absolute atomic E-state index is 12.1. The SMILES string of the molecule is CCCn1nc(-c2ccc(C(C)C)cc2)cc(CN)c1=O. The van der Waals surface area contributed by atoms with Crippen LogP contribution in [0.5, 0.6) is 0 Å². The number of benzene rings is 1. The molecule has 2 N–H and O–H groups in total. The summed E-state index contributed by atoms with van der Waals surface area (Å²) in [5, 5.41) is 4.46. The lowest BCUT2D eigenvalue weighted by molar-refractivity contribution is 0.564. The van der Waals surface area contributed by atoms with E-state index in [1.54, 1.807) is 6.07 Å². The molecule has 4 nitrogen and oxygen atoms in total. The van der Waals surface area contributed by atoms with Crippen LogP contribution in [0.3, 0.4) is 0 Å². The van der Waals surface area contributed by atoms with Crippen LogP contribution >= 0.6 is 0 Å². The van der Waals surface area contributed by atoms with Crippen molar-refractivity contribution in [2.75, 3.05) is 0 Å². The molecule has 0 saturated carbocycles. The van der Waals surface area contributed by atoms with Crippen LogP contribution in [-0.4, -0.2) is 9.78 Å². The molecule has 0 fully saturated rings. The molecular formula is C17H23N3O. The molecule has 0 spiro atoms. The van der Waals surface area contributed by atoms with Crippen LogP contribution in [0.4, 0.5) is 0 Å². The fourth-order valence-corrected chi connectivity index (χ4v) is 2.29. The molecule has 1 heterocycles. The lowest BCUT2D eigenvalue weighted by atomic mass is 10.0. The van der Waals surface area contributed by atoms with Crippen LogP contribution < -0.4 is 11.3 Å². The van der Waals surface area contributed by atoms with E-state index in [4.69, 9.17) is 5.73 Å². The van der Waals surface area contributed by atoms with E-state index in [1.807, 2.05) is 6.92 Å². The molecule has 0 radical (unpaired) electrons. The van der Waals surface area contributed by atoms with E-state index >= 15 is 0 Å². The summed E-state index contributed by atoms with van der Waals surface area (Å²) >= 11 is 0. The molecule has 1 aromatic carbocycles. The highest BCUT2D eigenvalue weighted by Gasteiger charge is 2.09. The minimum Gasteiger partial charge on any atom is -0.326 e. The second-order valence-corrected chi connectivity index (χ2v) is 5.56. The zero-order valence-electron chi connectivity index (χ0n) is 13.0. The van der Waals surface area contributed by atoms with Gasteiger partial charge in [-0.1, -0.05) is 45.0 Å². The highest BCUT2D eigenvalue weighted by Crippen LogP contribution is 2.21. The van der Waals surface area contributed by atoms with Crippen LogP contribution in [-0.2, 0) is 13.1 Å². The number of aryl methyl sites for hydroxylation is 1. The quantitative estimate of drug-likeness (QED) is 0.919. The van der Waals surface area contributed by atoms with Crippen LogP contribution in [0.1, 0.15) is 44.2 Å². The first-order valence-corrected chi connectivity index (χ1v) is 7.48. The number of nitrogens with zero attached hydrogens (tertiary/aromatic N) is 2. The topological polar surface area (TPSA) is 60.9 Å². The third-order valence-electron chi connectivity index (χ3n) is 3.58. The monoisotopic (exact) mass is 285 g/mol. The van der Waals surface area contributed by atoms with Gasteiger partial charge in [-0.05, 0) is 24.0 Å². The summed E-state index contributed by atoms with van der Waals surface area (Å²) in [5.41, 5.74) is 9.32. The number of hydrogen-bond acceptors (Lipinski definition) is 3. The van der Waals surface area contributed by atoms with Crippen molar-refractivity contribution >= 4 is 0 Å². The van der Waals surface area contributed by atoms with Crippen molar-refractivity contribution in [1.29, 1.82) is 0 Å². The molecule has 0 aliphatic carbocycles. The molecule has 0 bridgehead atoms. The van der Waals surface area contributed by atoms with Gasteiger partial charge < -0.3 is 5.73 Å². The normalized spacial score (nSPS) is 11.1. The number of aromatic nitrogens is 2. The zero-order valence-corrected chi connectivity index (χ0v) is 13.0. The van der Waals surface area contributed by atoms with E-state index < -0.39 is 0 Å². The number of hydrogen-bond donors (Lipinski definition) is 1. The van der Waals surface area contributed by atoms with Gasteiger partial charge >= 0.3 is 0 Å². The van der Waals surface area contributed by atoms with Crippen molar-refractivity contribution in [3.8, 4) is 11.3 Å². The van der Waals surface area contributed by atoms with E-state index in [2.05, 4.69) is 43.2 Å². The summed E-state index contributed by atoms with van der Waals surface area (Å²) in [6.45, 7) is 7.22. The largest absolute Gasteiger partial charge is 0.326 e. The van der Waals surface area contributed by atoms with Crippen molar-refractivity contribution in [2.24, 2.45) is 5.73 Å². The molecule has 21 heavy (non-hydrogen) atoms. The molecule has 112 valence electrons. The summed E-state index contributed by atoms with van der Waals surface area (Å²) < 4.78 is 1.52. The molecule has 2 rings (SSSR count). The molecule has 0 unspecified atom stereocenters. The predicted octanol–water partition coefficient (Wildman–Crippen LogP) is 2.90. The van der Waals surface area contributed by atoms with Gasteiger partial charge in [0.05, 0.1) is 5.69 Å². The Morgan fingerprint density at radius 2 is 1.90 bits per heavy atom. The smallest absolute Gasteiger partial charge is 0.271 e. The van der Waals surface area contributed by atoms with Gasteiger partial charge in [0.1, 0.15) is 0 Å². The highest BCUT2D eigenvalue weighted by atomic mass is 16.1. The maximum atomic E-state index is 12.1. The molecule has 2 aromatic rings. The van der Waals surface area contributed by atoms with Gasteiger partial charge in [-0.2, -0.15) is 5.10 Å². The Morgan fingerprint density at radius 1 is 1.24 bits per heavy atom. The van der Waals surface area contributed by atoms with Gasteiger partial charge in [-0.3, -0.25) is 4.79 Å². The average molecular weight is 285 g/mol. The summed E-state index contributed by atoms with van der Waals surface area (Å²) in [6.07, 6.45) is 0.868. The van der Waals surface area contributed by atoms with E-state index in [0.29, 0.717) is 18.0 Å². The lowest BCUT2D eigenvalue weighted by Crippen LogP contribution is -2.28. The van der Waals surface area contributed by atoms with Crippen LogP contribution in [0.2, 0.25) is 0 Å². The minimum atomic E-state index is -0.0816. The Kier molecular flexibility index (Phi) is 4.91. The van der Waals surface area contributed by atoms with Crippen molar-refractivity contribution in [3.63, 3.8) is 0 Å². The summed E-state index contributed by atoms with van der Waals surface area (Å²) in [7, 11) is 0. The molecule has 0 aliphatic heterocycles. The van der Waals surface area contributed by atoms with Gasteiger partial charge in [-0.15, -0.1) is 0 Å². The standard InChI is InChI=1S/C17H23N3O/c1-4-9-20-17(21)15(11-18)10-16(19-20)14-7-5-13(6-8-14)12(2)3/h5-8,10,12H,4,9,11,18H2,1-3H3. The summed E-state index contributed by atoms with van der Waals surface area (Å²) in [4.78, 5) is 12.1. The Bertz CT molecular complexity index is 657. The first-order valence-electron chi connectivity index (χ1n) is 7.48. The molecule has 0 aliphatic rings. The van der Waals surface area contributed by atoms with Gasteiger partial charge in [0, 0.05) is 24.2 Å². The molecule has 1 aromatic heterocycles. The Balaban J connectivity index is 2.47. The van der Waals surface area contributed by atoms with Gasteiger partial charge in [-0.25, -0.2) is 4.68 Å². The van der Waals surface area contributed by atoms with Crippen molar-refractivity contribution in [2.45, 2.75) is 46.2 Å². The Morgan fingerprint density at radius 3 is 2.43 bits per heavy atom. The predicted molar refractivity (Wildman–Crippen MR) is 86.2 cm³/mol. The van der Waals surface area contributed by atoms with Gasteiger partial charge in [0.2, 0.25) is 0 Å². The molecule has 4 heteroatoms. The fourth-order valence-electron chi connectivity index (χ4n) is 2.29. The van der Waals surface area contributed by atoms with Gasteiger partial charge in [0.15, 0.2) is 0 Å². The average Bonchev–Trinajstić information content (AvgIpc) is 2.49. The second-order valence-electron chi connectivity index (χ2n) is 5.56. The van der Waals surface area contributed by atoms with Crippen LogP contribution in [0.25, 0.3) is 11.3 Å². The first-order chi connectivity index (χ1) is 10.1. The summed E-state index contributed by atoms with van der Waals surface area (Å²) in [5.74, 6) is 0.501. The van der Waals surface area contributed by atoms with Crippen molar-refractivity contribution < 1.29 is 0 Å². The van der Waals surface area contributed by atoms with E-state index in [1.165, 1.54) is 10.2 Å². The molecule has 0 amide bonds. The van der Waals surface area contributed by atoms with Crippen molar-refractivity contribution in [3.05, 3.63) is 51.8 Å². The van der Waals surface area contributed by atoms with E-state index in [-0.39, 0.29) is 12.1 Å². The second kappa shape index (κ2) is 6.68. The van der Waals surface area contributed by atoms with Crippen molar-refractivity contribution in [1.82, 2.24) is 9.78 Å². The Labute approximate surface area is 125 Å². The minimum absolute atomic E-state index is 0.0816. The third-order valence-corrected chi connectivity index (χ3v) is 3.58. The fraction of sp³-hybridized carbons (Fsp3) is 0.412. The van der Waals surface area contributed by atoms with E-state index in [0.717, 1.165) is 17.7 Å². The van der Waals surface area contributed by atoms with E-state index in [9.17, 15) is 4.79 Å². The molecular weight excluding hydrogens is 262 g/mol. The Hall–Kier alpha value is -1.94. The lowest BCUT2D eigenvalue weighted by Gasteiger charge is -2.10. The third kappa shape index (κ3) is 3.39. The van der Waals surface area contributed by atoms with Crippen LogP contribution in [0.15, 0.2) is 35.1 Å². The molecule has 0 saturated heterocycles. The first kappa shape index (κ1) is 15.4. The van der Waals surface area contributed by atoms with Gasteiger partial charge in [0.25, 0.3) is 5.56 Å². The number of rotatable bonds is 5. The zero-order chi connectivity index (χ0) is 15.4. The highest BCUT2D eigenvalue weighted by molar-refractivity contribution is 5.59. The van der Waals surface area contributed by atoms with Crippen LogP contribution in [0, 0.1) is 0 Å². The molecule has 0 atom stereocenters. The number of nitrogens with two attached hydrogens (primary N) is 1. The summed E-state index contributed by atoms with van der Waals surface area (Å²) in [6, 6.07) is 10.1.